The number of carbonyl (C=O) groups is 1. The summed E-state index contributed by atoms with van der Waals surface area (Å²) in [6, 6.07) is 8.32. The number of rotatable bonds is 5. The van der Waals surface area contributed by atoms with Gasteiger partial charge in [0, 0.05) is 49.5 Å². The van der Waals surface area contributed by atoms with E-state index in [1.165, 1.54) is 6.07 Å². The number of hydrogen-bond donors (Lipinski definition) is 0. The van der Waals surface area contributed by atoms with Crippen LogP contribution in [0.15, 0.2) is 36.5 Å². The molecule has 5 nitrogen and oxygen atoms in total. The van der Waals surface area contributed by atoms with Crippen LogP contribution in [-0.2, 0) is 11.3 Å². The van der Waals surface area contributed by atoms with E-state index in [9.17, 15) is 9.18 Å². The number of ether oxygens (including phenoxy) is 1. The molecule has 3 rings (SSSR count). The highest BCUT2D eigenvalue weighted by Crippen LogP contribution is 2.22. The third-order valence-corrected chi connectivity index (χ3v) is 4.75. The lowest BCUT2D eigenvalue weighted by Crippen LogP contribution is -2.46. The first-order chi connectivity index (χ1) is 12.6. The van der Waals surface area contributed by atoms with Gasteiger partial charge >= 0.3 is 5.97 Å². The Labute approximate surface area is 157 Å². The molecule has 0 aliphatic carbocycles. The van der Waals surface area contributed by atoms with Crippen molar-refractivity contribution in [1.82, 2.24) is 9.88 Å². The molecule has 2 aromatic rings. The summed E-state index contributed by atoms with van der Waals surface area (Å²) < 4.78 is 18.9. The van der Waals surface area contributed by atoms with Crippen molar-refractivity contribution in [3.05, 3.63) is 58.5 Å². The lowest BCUT2D eigenvalue weighted by atomic mass is 10.2. The van der Waals surface area contributed by atoms with E-state index in [4.69, 9.17) is 16.3 Å². The number of piperazine rings is 1. The Balaban J connectivity index is 1.57. The molecule has 0 radical (unpaired) electrons. The molecule has 0 spiro atoms. The van der Waals surface area contributed by atoms with Gasteiger partial charge in [-0.25, -0.2) is 14.2 Å². The molecule has 1 fully saturated rings. The Morgan fingerprint density at radius 1 is 1.23 bits per heavy atom. The van der Waals surface area contributed by atoms with E-state index in [2.05, 4.69) is 14.8 Å². The summed E-state index contributed by atoms with van der Waals surface area (Å²) in [6.07, 6.45) is 1.54. The van der Waals surface area contributed by atoms with Crippen molar-refractivity contribution in [1.29, 1.82) is 0 Å². The number of benzene rings is 1. The van der Waals surface area contributed by atoms with Crippen LogP contribution >= 0.6 is 11.6 Å². The van der Waals surface area contributed by atoms with Crippen LogP contribution in [0.3, 0.4) is 0 Å². The Hall–Kier alpha value is -2.18. The number of halogens is 2. The third kappa shape index (κ3) is 4.31. The molecule has 138 valence electrons. The van der Waals surface area contributed by atoms with Crippen molar-refractivity contribution < 1.29 is 13.9 Å². The van der Waals surface area contributed by atoms with E-state index in [-0.39, 0.29) is 11.8 Å². The summed E-state index contributed by atoms with van der Waals surface area (Å²) in [5.41, 5.74) is 0.989. The fourth-order valence-electron chi connectivity index (χ4n) is 2.95. The fraction of sp³-hybridized carbons (Fsp3) is 0.368. The van der Waals surface area contributed by atoms with Crippen LogP contribution in [0.5, 0.6) is 0 Å². The second kappa shape index (κ2) is 8.47. The largest absolute Gasteiger partial charge is 0.462 e. The first kappa shape index (κ1) is 18.6. The first-order valence-electron chi connectivity index (χ1n) is 8.62. The molecular weight excluding hydrogens is 357 g/mol. The second-order valence-electron chi connectivity index (χ2n) is 6.09. The molecule has 0 atom stereocenters. The van der Waals surface area contributed by atoms with Gasteiger partial charge in [-0.05, 0) is 31.2 Å². The molecule has 0 bridgehead atoms. The lowest BCUT2D eigenvalue weighted by Gasteiger charge is -2.35. The van der Waals surface area contributed by atoms with Crippen molar-refractivity contribution >= 4 is 23.4 Å². The van der Waals surface area contributed by atoms with E-state index in [0.29, 0.717) is 29.3 Å². The smallest absolute Gasteiger partial charge is 0.339 e. The second-order valence-corrected chi connectivity index (χ2v) is 6.50. The topological polar surface area (TPSA) is 45.7 Å². The zero-order valence-electron chi connectivity index (χ0n) is 14.6. The molecule has 0 unspecified atom stereocenters. The molecule has 2 heterocycles. The summed E-state index contributed by atoms with van der Waals surface area (Å²) in [5.74, 6) is 0.191. The highest BCUT2D eigenvalue weighted by Gasteiger charge is 2.20. The summed E-state index contributed by atoms with van der Waals surface area (Å²) in [6.45, 7) is 5.73. The van der Waals surface area contributed by atoms with Gasteiger partial charge in [-0.1, -0.05) is 17.7 Å². The normalized spacial score (nSPS) is 15.1. The Morgan fingerprint density at radius 3 is 2.62 bits per heavy atom. The molecular formula is C19H21ClFN3O2. The number of anilines is 1. The summed E-state index contributed by atoms with van der Waals surface area (Å²) in [4.78, 5) is 20.4. The van der Waals surface area contributed by atoms with Crippen molar-refractivity contribution in [2.24, 2.45) is 0 Å². The highest BCUT2D eigenvalue weighted by atomic mass is 35.5. The van der Waals surface area contributed by atoms with Gasteiger partial charge in [0.1, 0.15) is 11.6 Å². The molecule has 7 heteroatoms. The van der Waals surface area contributed by atoms with Crippen LogP contribution < -0.4 is 4.90 Å². The average molecular weight is 378 g/mol. The molecule has 0 saturated carbocycles. The summed E-state index contributed by atoms with van der Waals surface area (Å²) >= 11 is 6.11. The van der Waals surface area contributed by atoms with Crippen molar-refractivity contribution in [3.63, 3.8) is 0 Å². The maximum atomic E-state index is 13.9. The van der Waals surface area contributed by atoms with Crippen LogP contribution in [0.2, 0.25) is 5.02 Å². The van der Waals surface area contributed by atoms with E-state index in [1.54, 1.807) is 31.3 Å². The number of nitrogens with zero attached hydrogens (tertiary/aromatic N) is 3. The predicted octanol–water partition coefficient (Wildman–Crippen LogP) is 3.37. The quantitative estimate of drug-likeness (QED) is 0.747. The van der Waals surface area contributed by atoms with Crippen LogP contribution in [0.4, 0.5) is 10.2 Å². The van der Waals surface area contributed by atoms with Crippen molar-refractivity contribution in [3.8, 4) is 0 Å². The zero-order chi connectivity index (χ0) is 18.5. The fourth-order valence-corrected chi connectivity index (χ4v) is 3.17. The van der Waals surface area contributed by atoms with Gasteiger partial charge in [0.25, 0.3) is 0 Å². The highest BCUT2D eigenvalue weighted by molar-refractivity contribution is 6.31. The number of esters is 1. The minimum absolute atomic E-state index is 0.267. The molecule has 0 amide bonds. The zero-order valence-corrected chi connectivity index (χ0v) is 15.4. The van der Waals surface area contributed by atoms with Crippen molar-refractivity contribution in [2.75, 3.05) is 37.7 Å². The molecule has 26 heavy (non-hydrogen) atoms. The molecule has 0 N–H and O–H groups in total. The SMILES string of the molecule is CCOC(=O)c1ccc(N2CCN(Cc3c(F)cccc3Cl)CC2)nc1. The monoisotopic (exact) mass is 377 g/mol. The number of hydrogen-bond acceptors (Lipinski definition) is 5. The number of aromatic nitrogens is 1. The van der Waals surface area contributed by atoms with Crippen LogP contribution in [0.25, 0.3) is 0 Å². The average Bonchev–Trinajstić information content (AvgIpc) is 2.66. The van der Waals surface area contributed by atoms with E-state index >= 15 is 0 Å². The van der Waals surface area contributed by atoms with Gasteiger partial charge in [-0.15, -0.1) is 0 Å². The summed E-state index contributed by atoms with van der Waals surface area (Å²) in [7, 11) is 0. The molecule has 1 saturated heterocycles. The molecule has 1 aromatic carbocycles. The Kier molecular flexibility index (Phi) is 6.06. The number of carbonyl (C=O) groups excluding carboxylic acids is 1. The maximum Gasteiger partial charge on any atom is 0.339 e. The van der Waals surface area contributed by atoms with Gasteiger partial charge in [-0.3, -0.25) is 4.90 Å². The van der Waals surface area contributed by atoms with Crippen LogP contribution in [-0.4, -0.2) is 48.6 Å². The van der Waals surface area contributed by atoms with Crippen LogP contribution in [0.1, 0.15) is 22.8 Å². The first-order valence-corrected chi connectivity index (χ1v) is 8.99. The van der Waals surface area contributed by atoms with Gasteiger partial charge in [-0.2, -0.15) is 0 Å². The van der Waals surface area contributed by atoms with E-state index in [0.717, 1.165) is 32.0 Å². The minimum atomic E-state index is -0.363. The van der Waals surface area contributed by atoms with Gasteiger partial charge < -0.3 is 9.64 Å². The standard InChI is InChI=1S/C19H21ClFN3O2/c1-2-26-19(25)14-6-7-18(22-12-14)24-10-8-23(9-11-24)13-15-16(20)4-3-5-17(15)21/h3-7,12H,2,8-11,13H2,1H3. The summed E-state index contributed by atoms with van der Waals surface area (Å²) in [5, 5.41) is 0.462. The van der Waals surface area contributed by atoms with E-state index < -0.39 is 0 Å². The maximum absolute atomic E-state index is 13.9. The lowest BCUT2D eigenvalue weighted by molar-refractivity contribution is 0.0526. The third-order valence-electron chi connectivity index (χ3n) is 4.40. The van der Waals surface area contributed by atoms with Gasteiger partial charge in [0.05, 0.1) is 12.2 Å². The molecule has 1 aromatic heterocycles. The number of pyridine rings is 1. The molecule has 1 aliphatic heterocycles. The van der Waals surface area contributed by atoms with Crippen molar-refractivity contribution in [2.45, 2.75) is 13.5 Å². The molecule has 1 aliphatic rings. The Morgan fingerprint density at radius 2 is 2.00 bits per heavy atom. The van der Waals surface area contributed by atoms with E-state index in [1.807, 2.05) is 6.07 Å². The van der Waals surface area contributed by atoms with Gasteiger partial charge in [0.2, 0.25) is 0 Å². The Bertz CT molecular complexity index is 742. The predicted molar refractivity (Wildman–Crippen MR) is 99.1 cm³/mol. The van der Waals surface area contributed by atoms with Crippen LogP contribution in [0, 0.1) is 5.82 Å². The minimum Gasteiger partial charge on any atom is -0.462 e. The van der Waals surface area contributed by atoms with Gasteiger partial charge in [0.15, 0.2) is 0 Å².